The van der Waals surface area contributed by atoms with Crippen LogP contribution in [0.1, 0.15) is 26.7 Å². The first kappa shape index (κ1) is 10.5. The van der Waals surface area contributed by atoms with E-state index in [1.165, 1.54) is 5.57 Å². The molecule has 0 bridgehead atoms. The molecular formula is C11H18O2. The summed E-state index contributed by atoms with van der Waals surface area (Å²) in [6, 6.07) is 0. The van der Waals surface area contributed by atoms with Gasteiger partial charge in [-0.2, -0.15) is 0 Å². The minimum Gasteiger partial charge on any atom is -0.380 e. The lowest BCUT2D eigenvalue weighted by atomic mass is 9.76. The summed E-state index contributed by atoms with van der Waals surface area (Å²) >= 11 is 0. The summed E-state index contributed by atoms with van der Waals surface area (Å²) in [6.07, 6.45) is 4.93. The van der Waals surface area contributed by atoms with Crippen LogP contribution >= 0.6 is 0 Å². The summed E-state index contributed by atoms with van der Waals surface area (Å²) < 4.78 is 5.13. The van der Waals surface area contributed by atoms with E-state index < -0.39 is 0 Å². The van der Waals surface area contributed by atoms with E-state index in [1.807, 2.05) is 0 Å². The SMILES string of the molecule is COCC1=CCC(CC=O)C1(C)C. The van der Waals surface area contributed by atoms with Crippen LogP contribution in [0.4, 0.5) is 0 Å². The Morgan fingerprint density at radius 1 is 1.69 bits per heavy atom. The Balaban J connectivity index is 2.66. The van der Waals surface area contributed by atoms with Crippen LogP contribution in [0.25, 0.3) is 0 Å². The zero-order chi connectivity index (χ0) is 9.90. The number of methoxy groups -OCH3 is 1. The van der Waals surface area contributed by atoms with E-state index in [9.17, 15) is 4.79 Å². The van der Waals surface area contributed by atoms with Gasteiger partial charge < -0.3 is 9.53 Å². The van der Waals surface area contributed by atoms with Gasteiger partial charge in [0.1, 0.15) is 6.29 Å². The Bertz CT molecular complexity index is 216. The van der Waals surface area contributed by atoms with E-state index >= 15 is 0 Å². The van der Waals surface area contributed by atoms with Crippen LogP contribution < -0.4 is 0 Å². The van der Waals surface area contributed by atoms with Gasteiger partial charge in [0, 0.05) is 13.5 Å². The van der Waals surface area contributed by atoms with Crippen molar-refractivity contribution in [2.45, 2.75) is 26.7 Å². The third kappa shape index (κ3) is 1.99. The van der Waals surface area contributed by atoms with Crippen molar-refractivity contribution in [2.75, 3.05) is 13.7 Å². The number of rotatable bonds is 4. The predicted octanol–water partition coefficient (Wildman–Crippen LogP) is 2.19. The molecule has 74 valence electrons. The summed E-state index contributed by atoms with van der Waals surface area (Å²) in [4.78, 5) is 10.5. The smallest absolute Gasteiger partial charge is 0.120 e. The summed E-state index contributed by atoms with van der Waals surface area (Å²) in [5.41, 5.74) is 1.47. The molecule has 0 saturated heterocycles. The van der Waals surface area contributed by atoms with Gasteiger partial charge in [0.05, 0.1) is 6.61 Å². The molecule has 0 aromatic carbocycles. The van der Waals surface area contributed by atoms with Crippen molar-refractivity contribution in [1.29, 1.82) is 0 Å². The topological polar surface area (TPSA) is 26.3 Å². The minimum atomic E-state index is 0.136. The van der Waals surface area contributed by atoms with Crippen molar-refractivity contribution in [3.8, 4) is 0 Å². The first-order valence-electron chi connectivity index (χ1n) is 4.75. The van der Waals surface area contributed by atoms with E-state index in [0.29, 0.717) is 18.9 Å². The monoisotopic (exact) mass is 182 g/mol. The molecule has 0 aromatic rings. The molecule has 0 fully saturated rings. The molecule has 13 heavy (non-hydrogen) atoms. The zero-order valence-electron chi connectivity index (χ0n) is 8.67. The standard InChI is InChI=1S/C11H18O2/c1-11(2)9(6-7-12)4-5-10(11)8-13-3/h5,7,9H,4,6,8H2,1-3H3. The van der Waals surface area contributed by atoms with Gasteiger partial charge in [0.15, 0.2) is 0 Å². The number of hydrogen-bond acceptors (Lipinski definition) is 2. The molecule has 1 atom stereocenters. The van der Waals surface area contributed by atoms with Crippen molar-refractivity contribution < 1.29 is 9.53 Å². The van der Waals surface area contributed by atoms with E-state index in [1.54, 1.807) is 7.11 Å². The number of ether oxygens (including phenoxy) is 1. The second kappa shape index (κ2) is 4.05. The van der Waals surface area contributed by atoms with Crippen molar-refractivity contribution in [3.63, 3.8) is 0 Å². The fourth-order valence-corrected chi connectivity index (χ4v) is 2.01. The Labute approximate surface area is 80.0 Å². The molecule has 0 heterocycles. The third-order valence-corrected chi connectivity index (χ3v) is 3.18. The van der Waals surface area contributed by atoms with Crippen LogP contribution in [-0.4, -0.2) is 20.0 Å². The Morgan fingerprint density at radius 3 is 2.92 bits per heavy atom. The molecule has 0 radical (unpaired) electrons. The van der Waals surface area contributed by atoms with Crippen molar-refractivity contribution in [1.82, 2.24) is 0 Å². The molecule has 0 saturated carbocycles. The number of allylic oxidation sites excluding steroid dienone is 1. The van der Waals surface area contributed by atoms with E-state index in [4.69, 9.17) is 4.74 Å². The summed E-state index contributed by atoms with van der Waals surface area (Å²) in [6.45, 7) is 5.08. The highest BCUT2D eigenvalue weighted by Gasteiger charge is 2.36. The van der Waals surface area contributed by atoms with Crippen molar-refractivity contribution in [2.24, 2.45) is 11.3 Å². The summed E-state index contributed by atoms with van der Waals surface area (Å²) in [7, 11) is 1.71. The molecular weight excluding hydrogens is 164 g/mol. The maximum Gasteiger partial charge on any atom is 0.120 e. The van der Waals surface area contributed by atoms with Crippen molar-refractivity contribution >= 4 is 6.29 Å². The molecule has 1 unspecified atom stereocenters. The zero-order valence-corrected chi connectivity index (χ0v) is 8.67. The molecule has 1 rings (SSSR count). The molecule has 0 N–H and O–H groups in total. The number of carbonyl (C=O) groups is 1. The molecule has 2 nitrogen and oxygen atoms in total. The normalized spacial score (nSPS) is 25.8. The van der Waals surface area contributed by atoms with Gasteiger partial charge >= 0.3 is 0 Å². The average Bonchev–Trinajstić information content (AvgIpc) is 2.33. The van der Waals surface area contributed by atoms with Gasteiger partial charge in [-0.25, -0.2) is 0 Å². The quantitative estimate of drug-likeness (QED) is 0.492. The number of carbonyl (C=O) groups excluding carboxylic acids is 1. The number of aldehydes is 1. The molecule has 1 aliphatic rings. The van der Waals surface area contributed by atoms with Crippen LogP contribution in [0.15, 0.2) is 11.6 Å². The van der Waals surface area contributed by atoms with Gasteiger partial charge in [-0.05, 0) is 23.3 Å². The van der Waals surface area contributed by atoms with Gasteiger partial charge in [-0.1, -0.05) is 19.9 Å². The predicted molar refractivity (Wildman–Crippen MR) is 52.5 cm³/mol. The maximum absolute atomic E-state index is 10.5. The molecule has 0 aliphatic heterocycles. The van der Waals surface area contributed by atoms with Gasteiger partial charge in [0.2, 0.25) is 0 Å². The van der Waals surface area contributed by atoms with Crippen LogP contribution in [0, 0.1) is 11.3 Å². The Hall–Kier alpha value is -0.630. The van der Waals surface area contributed by atoms with Crippen molar-refractivity contribution in [3.05, 3.63) is 11.6 Å². The minimum absolute atomic E-state index is 0.136. The molecule has 1 aliphatic carbocycles. The summed E-state index contributed by atoms with van der Waals surface area (Å²) in [5.74, 6) is 0.468. The van der Waals surface area contributed by atoms with E-state index in [-0.39, 0.29) is 5.41 Å². The largest absolute Gasteiger partial charge is 0.380 e. The van der Waals surface area contributed by atoms with Crippen LogP contribution in [0.5, 0.6) is 0 Å². The molecule has 2 heteroatoms. The van der Waals surface area contributed by atoms with Gasteiger partial charge in [0.25, 0.3) is 0 Å². The lowest BCUT2D eigenvalue weighted by Crippen LogP contribution is -2.23. The van der Waals surface area contributed by atoms with Crippen LogP contribution in [-0.2, 0) is 9.53 Å². The number of hydrogen-bond donors (Lipinski definition) is 0. The highest BCUT2D eigenvalue weighted by molar-refractivity contribution is 5.50. The van der Waals surface area contributed by atoms with Crippen LogP contribution in [0.2, 0.25) is 0 Å². The average molecular weight is 182 g/mol. The first-order chi connectivity index (χ1) is 6.12. The fourth-order valence-electron chi connectivity index (χ4n) is 2.01. The highest BCUT2D eigenvalue weighted by atomic mass is 16.5. The van der Waals surface area contributed by atoms with E-state index in [2.05, 4.69) is 19.9 Å². The Morgan fingerprint density at radius 2 is 2.38 bits per heavy atom. The lowest BCUT2D eigenvalue weighted by molar-refractivity contribution is -0.109. The fraction of sp³-hybridized carbons (Fsp3) is 0.727. The van der Waals surface area contributed by atoms with E-state index in [0.717, 1.165) is 12.7 Å². The summed E-state index contributed by atoms with van der Waals surface area (Å²) in [5, 5.41) is 0. The first-order valence-corrected chi connectivity index (χ1v) is 4.75. The second-order valence-corrected chi connectivity index (χ2v) is 4.22. The second-order valence-electron chi connectivity index (χ2n) is 4.22. The third-order valence-electron chi connectivity index (χ3n) is 3.18. The highest BCUT2D eigenvalue weighted by Crippen LogP contribution is 2.44. The Kier molecular flexibility index (Phi) is 3.26. The molecule has 0 aromatic heterocycles. The van der Waals surface area contributed by atoms with Gasteiger partial charge in [-0.3, -0.25) is 0 Å². The maximum atomic E-state index is 10.5. The molecule has 0 amide bonds. The van der Waals surface area contributed by atoms with Crippen LogP contribution in [0.3, 0.4) is 0 Å². The lowest BCUT2D eigenvalue weighted by Gasteiger charge is -2.29. The van der Waals surface area contributed by atoms with Gasteiger partial charge in [-0.15, -0.1) is 0 Å². The molecule has 0 spiro atoms.